The summed E-state index contributed by atoms with van der Waals surface area (Å²) < 4.78 is 0. The van der Waals surface area contributed by atoms with Gasteiger partial charge in [-0.15, -0.1) is 0 Å². The maximum Gasteiger partial charge on any atom is 0.253 e. The van der Waals surface area contributed by atoms with Crippen molar-refractivity contribution in [2.45, 2.75) is 13.3 Å². The summed E-state index contributed by atoms with van der Waals surface area (Å²) in [6.07, 6.45) is 7.39. The molecule has 0 aliphatic heterocycles. The lowest BCUT2D eigenvalue weighted by Crippen LogP contribution is -2.26. The summed E-state index contributed by atoms with van der Waals surface area (Å²) in [5.41, 5.74) is 2.37. The number of imidazole rings is 1. The molecular weight excluding hydrogens is 242 g/mol. The number of aromatic nitrogens is 3. The molecule has 3 N–H and O–H groups in total. The highest BCUT2D eigenvalue weighted by Crippen LogP contribution is 2.12. The van der Waals surface area contributed by atoms with E-state index in [4.69, 9.17) is 0 Å². The van der Waals surface area contributed by atoms with Crippen LogP contribution in [0.1, 0.15) is 23.0 Å². The Morgan fingerprint density at radius 2 is 2.26 bits per heavy atom. The first-order valence-electron chi connectivity index (χ1n) is 6.24. The number of nitrogens with one attached hydrogen (secondary N) is 3. The van der Waals surface area contributed by atoms with Crippen molar-refractivity contribution in [1.29, 1.82) is 0 Å². The topological polar surface area (TPSA) is 82.7 Å². The molecule has 0 saturated carbocycles. The largest absolute Gasteiger partial charge is 0.383 e. The van der Waals surface area contributed by atoms with E-state index in [0.717, 1.165) is 24.3 Å². The van der Waals surface area contributed by atoms with E-state index < -0.39 is 0 Å². The molecule has 2 rings (SSSR count). The standard InChI is InChI=1S/C13H17N5O/c1-2-16-12-8-14-5-4-11(12)13(19)17-6-3-10-7-15-9-18-10/h4-5,7-9,16H,2-3,6H2,1H3,(H,15,18)(H,17,19). The fourth-order valence-corrected chi connectivity index (χ4v) is 1.75. The zero-order chi connectivity index (χ0) is 13.5. The number of hydrogen-bond donors (Lipinski definition) is 3. The quantitative estimate of drug-likeness (QED) is 0.728. The molecular formula is C13H17N5O. The Kier molecular flexibility index (Phi) is 4.49. The van der Waals surface area contributed by atoms with Gasteiger partial charge in [0, 0.05) is 37.6 Å². The van der Waals surface area contributed by atoms with Gasteiger partial charge >= 0.3 is 0 Å². The smallest absolute Gasteiger partial charge is 0.253 e. The number of carbonyl (C=O) groups is 1. The molecule has 2 heterocycles. The lowest BCUT2D eigenvalue weighted by molar-refractivity contribution is 0.0955. The third-order valence-electron chi connectivity index (χ3n) is 2.67. The van der Waals surface area contributed by atoms with Gasteiger partial charge in [-0.3, -0.25) is 9.78 Å². The van der Waals surface area contributed by atoms with E-state index in [1.54, 1.807) is 31.0 Å². The number of anilines is 1. The van der Waals surface area contributed by atoms with Crippen molar-refractivity contribution in [2.75, 3.05) is 18.4 Å². The van der Waals surface area contributed by atoms with Gasteiger partial charge in [0.2, 0.25) is 0 Å². The van der Waals surface area contributed by atoms with Crippen molar-refractivity contribution in [3.05, 3.63) is 42.2 Å². The molecule has 100 valence electrons. The minimum absolute atomic E-state index is 0.0992. The van der Waals surface area contributed by atoms with Gasteiger partial charge in [-0.05, 0) is 13.0 Å². The second-order valence-corrected chi connectivity index (χ2v) is 4.03. The monoisotopic (exact) mass is 259 g/mol. The Bertz CT molecular complexity index is 524. The van der Waals surface area contributed by atoms with E-state index >= 15 is 0 Å². The van der Waals surface area contributed by atoms with E-state index in [1.807, 2.05) is 6.92 Å². The molecule has 0 bridgehead atoms. The van der Waals surface area contributed by atoms with Gasteiger partial charge in [0.15, 0.2) is 0 Å². The van der Waals surface area contributed by atoms with Crippen LogP contribution in [0.2, 0.25) is 0 Å². The summed E-state index contributed by atoms with van der Waals surface area (Å²) in [7, 11) is 0. The van der Waals surface area contributed by atoms with Gasteiger partial charge in [-0.25, -0.2) is 4.98 Å². The predicted octanol–water partition coefficient (Wildman–Crippen LogP) is 1.21. The summed E-state index contributed by atoms with van der Waals surface area (Å²) in [5, 5.41) is 6.00. The van der Waals surface area contributed by atoms with Gasteiger partial charge in [-0.1, -0.05) is 0 Å². The zero-order valence-corrected chi connectivity index (χ0v) is 10.8. The van der Waals surface area contributed by atoms with Gasteiger partial charge in [0.05, 0.1) is 23.8 Å². The molecule has 0 saturated heterocycles. The Morgan fingerprint density at radius 3 is 3.00 bits per heavy atom. The average Bonchev–Trinajstić information content (AvgIpc) is 2.93. The molecule has 2 aromatic rings. The van der Waals surface area contributed by atoms with Gasteiger partial charge in [0.25, 0.3) is 5.91 Å². The maximum absolute atomic E-state index is 12.1. The number of amides is 1. The summed E-state index contributed by atoms with van der Waals surface area (Å²) >= 11 is 0. The van der Waals surface area contributed by atoms with E-state index in [9.17, 15) is 4.79 Å². The number of H-pyrrole nitrogens is 1. The highest BCUT2D eigenvalue weighted by molar-refractivity contribution is 5.99. The molecule has 0 unspecified atom stereocenters. The van der Waals surface area contributed by atoms with Gasteiger partial charge in [-0.2, -0.15) is 0 Å². The Morgan fingerprint density at radius 1 is 1.37 bits per heavy atom. The fourth-order valence-electron chi connectivity index (χ4n) is 1.75. The predicted molar refractivity (Wildman–Crippen MR) is 73.0 cm³/mol. The molecule has 0 radical (unpaired) electrons. The highest BCUT2D eigenvalue weighted by Gasteiger charge is 2.10. The molecule has 6 nitrogen and oxygen atoms in total. The van der Waals surface area contributed by atoms with Crippen molar-refractivity contribution in [3.8, 4) is 0 Å². The van der Waals surface area contributed by atoms with E-state index in [0.29, 0.717) is 12.1 Å². The molecule has 1 amide bonds. The van der Waals surface area contributed by atoms with Crippen LogP contribution in [0.4, 0.5) is 5.69 Å². The minimum Gasteiger partial charge on any atom is -0.383 e. The van der Waals surface area contributed by atoms with Crippen LogP contribution in [-0.4, -0.2) is 33.9 Å². The second kappa shape index (κ2) is 6.53. The van der Waals surface area contributed by atoms with Crippen molar-refractivity contribution in [2.24, 2.45) is 0 Å². The molecule has 0 spiro atoms. The van der Waals surface area contributed by atoms with E-state index in [2.05, 4.69) is 25.6 Å². The number of aromatic amines is 1. The van der Waals surface area contributed by atoms with Crippen LogP contribution in [0.5, 0.6) is 0 Å². The lowest BCUT2D eigenvalue weighted by Gasteiger charge is -2.10. The van der Waals surface area contributed by atoms with Crippen molar-refractivity contribution < 1.29 is 4.79 Å². The van der Waals surface area contributed by atoms with E-state index in [1.165, 1.54) is 0 Å². The second-order valence-electron chi connectivity index (χ2n) is 4.03. The first-order valence-corrected chi connectivity index (χ1v) is 6.24. The molecule has 0 aliphatic rings. The Labute approximate surface area is 111 Å². The van der Waals surface area contributed by atoms with Crippen LogP contribution in [0.25, 0.3) is 0 Å². The Hall–Kier alpha value is -2.37. The van der Waals surface area contributed by atoms with Crippen LogP contribution in [0.15, 0.2) is 31.0 Å². The first kappa shape index (κ1) is 13.1. The summed E-state index contributed by atoms with van der Waals surface area (Å²) in [4.78, 5) is 23.0. The summed E-state index contributed by atoms with van der Waals surface area (Å²) in [6.45, 7) is 3.29. The average molecular weight is 259 g/mol. The summed E-state index contributed by atoms with van der Waals surface area (Å²) in [6, 6.07) is 1.71. The van der Waals surface area contributed by atoms with Crippen molar-refractivity contribution >= 4 is 11.6 Å². The third-order valence-corrected chi connectivity index (χ3v) is 2.67. The normalized spacial score (nSPS) is 10.2. The van der Waals surface area contributed by atoms with Crippen LogP contribution >= 0.6 is 0 Å². The molecule has 0 atom stereocenters. The van der Waals surface area contributed by atoms with Crippen molar-refractivity contribution in [3.63, 3.8) is 0 Å². The third kappa shape index (κ3) is 3.54. The van der Waals surface area contributed by atoms with Gasteiger partial charge in [0.1, 0.15) is 0 Å². The van der Waals surface area contributed by atoms with Gasteiger partial charge < -0.3 is 15.6 Å². The number of hydrogen-bond acceptors (Lipinski definition) is 4. The maximum atomic E-state index is 12.1. The SMILES string of the molecule is CCNc1cnccc1C(=O)NCCc1cnc[nH]1. The number of rotatable bonds is 6. The molecule has 19 heavy (non-hydrogen) atoms. The van der Waals surface area contributed by atoms with Crippen LogP contribution in [0, 0.1) is 0 Å². The number of pyridine rings is 1. The number of nitrogens with zero attached hydrogens (tertiary/aromatic N) is 2. The molecule has 0 aromatic carbocycles. The molecule has 6 heteroatoms. The molecule has 2 aromatic heterocycles. The van der Waals surface area contributed by atoms with Crippen molar-refractivity contribution in [1.82, 2.24) is 20.3 Å². The number of carbonyl (C=O) groups excluding carboxylic acids is 1. The first-order chi connectivity index (χ1) is 9.31. The minimum atomic E-state index is -0.0992. The Balaban J connectivity index is 1.92. The fraction of sp³-hybridized carbons (Fsp3) is 0.308. The van der Waals surface area contributed by atoms with Crippen LogP contribution in [-0.2, 0) is 6.42 Å². The molecule has 0 aliphatic carbocycles. The molecule has 0 fully saturated rings. The zero-order valence-electron chi connectivity index (χ0n) is 10.8. The van der Waals surface area contributed by atoms with Crippen LogP contribution in [0.3, 0.4) is 0 Å². The lowest BCUT2D eigenvalue weighted by atomic mass is 10.2. The van der Waals surface area contributed by atoms with Crippen LogP contribution < -0.4 is 10.6 Å². The van der Waals surface area contributed by atoms with E-state index in [-0.39, 0.29) is 5.91 Å². The highest BCUT2D eigenvalue weighted by atomic mass is 16.1. The summed E-state index contributed by atoms with van der Waals surface area (Å²) in [5.74, 6) is -0.0992.